The molecule has 0 bridgehead atoms. The number of rotatable bonds is 8. The molecule has 4 N–H and O–H groups in total. The Bertz CT molecular complexity index is 1420. The highest BCUT2D eigenvalue weighted by atomic mass is 16.2. The second-order valence-electron chi connectivity index (χ2n) is 13.2. The first kappa shape index (κ1) is 29.2. The summed E-state index contributed by atoms with van der Waals surface area (Å²) < 4.78 is 1.51. The number of anilines is 1. The van der Waals surface area contributed by atoms with Crippen LogP contribution in [0.5, 0.6) is 0 Å². The van der Waals surface area contributed by atoms with Gasteiger partial charge in [0.1, 0.15) is 17.3 Å². The molecule has 1 spiro atoms. The molecule has 3 fully saturated rings. The van der Waals surface area contributed by atoms with Crippen molar-refractivity contribution in [1.29, 1.82) is 0 Å². The summed E-state index contributed by atoms with van der Waals surface area (Å²) in [5.74, 6) is -0.0698. The van der Waals surface area contributed by atoms with Gasteiger partial charge in [-0.25, -0.2) is 4.79 Å². The monoisotopic (exact) mass is 589 g/mol. The van der Waals surface area contributed by atoms with E-state index in [-0.39, 0.29) is 35.1 Å². The van der Waals surface area contributed by atoms with E-state index in [9.17, 15) is 19.2 Å². The number of aryl methyl sites for hydroxylation is 1. The van der Waals surface area contributed by atoms with Gasteiger partial charge in [0.15, 0.2) is 0 Å². The molecule has 2 saturated carbocycles. The van der Waals surface area contributed by atoms with Gasteiger partial charge in [-0.15, -0.1) is 0 Å². The van der Waals surface area contributed by atoms with Gasteiger partial charge in [0.2, 0.25) is 11.8 Å². The van der Waals surface area contributed by atoms with E-state index in [1.54, 1.807) is 31.3 Å². The number of benzene rings is 1. The molecule has 4 aliphatic rings. The number of likely N-dealkylation sites (N-methyl/N-ethyl adjacent to an activating group) is 1. The third kappa shape index (κ3) is 5.49. The lowest BCUT2D eigenvalue weighted by molar-refractivity contribution is -0.131. The number of fused-ring (bicyclic) bond motifs is 1. The maximum absolute atomic E-state index is 13.8. The van der Waals surface area contributed by atoms with Gasteiger partial charge < -0.3 is 26.2 Å². The molecule has 11 heteroatoms. The Kier molecular flexibility index (Phi) is 7.68. The second-order valence-corrected chi connectivity index (χ2v) is 13.2. The lowest BCUT2D eigenvalue weighted by Crippen LogP contribution is -2.67. The van der Waals surface area contributed by atoms with E-state index < -0.39 is 11.6 Å². The van der Waals surface area contributed by atoms with Crippen LogP contribution in [0, 0.1) is 17.3 Å². The number of nitrogens with one attached hydrogen (secondary N) is 4. The fourth-order valence-electron chi connectivity index (χ4n) is 7.48. The van der Waals surface area contributed by atoms with Gasteiger partial charge in [-0.2, -0.15) is 5.10 Å². The van der Waals surface area contributed by atoms with E-state index in [2.05, 4.69) is 33.3 Å². The Balaban J connectivity index is 1.22. The summed E-state index contributed by atoms with van der Waals surface area (Å²) in [6.45, 7) is 3.43. The van der Waals surface area contributed by atoms with Crippen molar-refractivity contribution in [3.05, 3.63) is 47.3 Å². The minimum absolute atomic E-state index is 0.0302. The summed E-state index contributed by atoms with van der Waals surface area (Å²) in [7, 11) is 3.32. The minimum atomic E-state index is -1.02. The molecule has 2 aromatic rings. The predicted octanol–water partition coefficient (Wildman–Crippen LogP) is 2.76. The molecule has 1 aromatic carbocycles. The first-order chi connectivity index (χ1) is 20.7. The van der Waals surface area contributed by atoms with E-state index in [1.165, 1.54) is 4.68 Å². The van der Waals surface area contributed by atoms with Gasteiger partial charge in [0.05, 0.1) is 0 Å². The van der Waals surface area contributed by atoms with Crippen molar-refractivity contribution in [3.8, 4) is 0 Å². The Labute approximate surface area is 252 Å². The van der Waals surface area contributed by atoms with Crippen LogP contribution in [0.1, 0.15) is 73.5 Å². The summed E-state index contributed by atoms with van der Waals surface area (Å²) in [6, 6.07) is 6.47. The lowest BCUT2D eigenvalue weighted by atomic mass is 9.77. The Morgan fingerprint density at radius 3 is 2.49 bits per heavy atom. The number of carbonyl (C=O) groups is 4. The smallest absolute Gasteiger partial charge is 0.318 e. The fourth-order valence-corrected chi connectivity index (χ4v) is 7.48. The zero-order valence-electron chi connectivity index (χ0n) is 25.4. The van der Waals surface area contributed by atoms with Crippen molar-refractivity contribution < 1.29 is 19.2 Å². The van der Waals surface area contributed by atoms with Crippen LogP contribution in [-0.4, -0.2) is 70.2 Å². The molecule has 230 valence electrons. The highest BCUT2D eigenvalue weighted by Crippen LogP contribution is 2.49. The molecular weight excluding hydrogens is 546 g/mol. The normalized spacial score (nSPS) is 26.3. The first-order valence-corrected chi connectivity index (χ1v) is 15.7. The van der Waals surface area contributed by atoms with Gasteiger partial charge in [-0.3, -0.25) is 19.1 Å². The van der Waals surface area contributed by atoms with E-state index in [1.807, 2.05) is 18.2 Å². The zero-order chi connectivity index (χ0) is 30.4. The van der Waals surface area contributed by atoms with Crippen LogP contribution in [0.15, 0.2) is 30.5 Å². The Morgan fingerprint density at radius 2 is 1.84 bits per heavy atom. The van der Waals surface area contributed by atoms with Crippen LogP contribution in [0.25, 0.3) is 0 Å². The third-order valence-corrected chi connectivity index (χ3v) is 10.5. The number of aromatic nitrogens is 2. The largest absolute Gasteiger partial charge is 0.357 e. The van der Waals surface area contributed by atoms with Crippen LogP contribution in [0.3, 0.4) is 0 Å². The summed E-state index contributed by atoms with van der Waals surface area (Å²) in [6.07, 6.45) is 9.41. The van der Waals surface area contributed by atoms with Crippen LogP contribution in [-0.2, 0) is 29.5 Å². The molecule has 0 radical (unpaired) electrons. The van der Waals surface area contributed by atoms with E-state index in [4.69, 9.17) is 0 Å². The van der Waals surface area contributed by atoms with Crippen LogP contribution < -0.4 is 21.3 Å². The quantitative estimate of drug-likeness (QED) is 0.375. The maximum atomic E-state index is 13.8. The molecule has 2 unspecified atom stereocenters. The molecule has 43 heavy (non-hydrogen) atoms. The molecule has 1 aromatic heterocycles. The first-order valence-electron chi connectivity index (χ1n) is 15.7. The SMILES string of the molecule is CCC1CCC(C(NC(=O)c2ccnn2C)C(=O)Nc2ccc3c(c2)CC(C(=O)NC)(N2CC4(CC4)CNC2=O)C3)CC1. The van der Waals surface area contributed by atoms with Crippen molar-refractivity contribution >= 4 is 29.4 Å². The number of urea groups is 1. The third-order valence-electron chi connectivity index (χ3n) is 10.5. The van der Waals surface area contributed by atoms with E-state index in [0.717, 1.165) is 56.1 Å². The topological polar surface area (TPSA) is 137 Å². The number of nitrogens with zero attached hydrogens (tertiary/aromatic N) is 3. The summed E-state index contributed by atoms with van der Waals surface area (Å²) in [4.78, 5) is 55.3. The predicted molar refractivity (Wildman–Crippen MR) is 161 cm³/mol. The summed E-state index contributed by atoms with van der Waals surface area (Å²) in [5, 5.41) is 16.0. The summed E-state index contributed by atoms with van der Waals surface area (Å²) in [5.41, 5.74) is 1.98. The van der Waals surface area contributed by atoms with Gasteiger partial charge in [0, 0.05) is 57.3 Å². The Hall–Kier alpha value is -3.89. The number of hydrogen-bond donors (Lipinski definition) is 4. The number of amides is 5. The van der Waals surface area contributed by atoms with Crippen LogP contribution in [0.4, 0.5) is 10.5 Å². The molecule has 6 rings (SSSR count). The zero-order valence-corrected chi connectivity index (χ0v) is 25.4. The lowest BCUT2D eigenvalue weighted by Gasteiger charge is -2.44. The van der Waals surface area contributed by atoms with Crippen molar-refractivity contribution in [1.82, 2.24) is 30.6 Å². The van der Waals surface area contributed by atoms with Crippen LogP contribution in [0.2, 0.25) is 0 Å². The van der Waals surface area contributed by atoms with Crippen molar-refractivity contribution in [2.75, 3.05) is 25.5 Å². The molecule has 2 atom stereocenters. The molecule has 1 saturated heterocycles. The highest BCUT2D eigenvalue weighted by molar-refractivity contribution is 6.01. The molecule has 2 heterocycles. The van der Waals surface area contributed by atoms with E-state index in [0.29, 0.717) is 43.2 Å². The Morgan fingerprint density at radius 1 is 1.09 bits per heavy atom. The molecule has 11 nitrogen and oxygen atoms in total. The average Bonchev–Trinajstić information content (AvgIpc) is 3.43. The molecule has 5 amide bonds. The van der Waals surface area contributed by atoms with Gasteiger partial charge in [-0.05, 0) is 66.8 Å². The van der Waals surface area contributed by atoms with Crippen LogP contribution >= 0.6 is 0 Å². The summed E-state index contributed by atoms with van der Waals surface area (Å²) >= 11 is 0. The molecule has 1 aliphatic heterocycles. The van der Waals surface area contributed by atoms with Gasteiger partial charge in [-0.1, -0.05) is 32.3 Å². The standard InChI is InChI=1S/C32H43N7O4/c1-4-20-5-7-21(8-6-20)26(37-27(40)25-11-14-35-38(25)3)28(41)36-24-10-9-22-16-32(29(42)33-2,17-23(22)15-24)39-19-31(12-13-31)18-34-30(39)43/h9-11,14-15,20-21,26H,4-8,12-13,16-19H2,1-3H3,(H,33,42)(H,34,43)(H,36,41)(H,37,40). The van der Waals surface area contributed by atoms with E-state index >= 15 is 0 Å². The second kappa shape index (κ2) is 11.3. The highest BCUT2D eigenvalue weighted by Gasteiger charge is 2.57. The van der Waals surface area contributed by atoms with Gasteiger partial charge in [0.25, 0.3) is 5.91 Å². The van der Waals surface area contributed by atoms with Crippen molar-refractivity contribution in [2.45, 2.75) is 76.3 Å². The molecular formula is C32H43N7O4. The number of hydrogen-bond acceptors (Lipinski definition) is 5. The van der Waals surface area contributed by atoms with Crippen molar-refractivity contribution in [3.63, 3.8) is 0 Å². The van der Waals surface area contributed by atoms with Crippen molar-refractivity contribution in [2.24, 2.45) is 24.3 Å². The molecule has 3 aliphatic carbocycles. The average molecular weight is 590 g/mol. The fraction of sp³-hybridized carbons (Fsp3) is 0.594. The maximum Gasteiger partial charge on any atom is 0.318 e. The minimum Gasteiger partial charge on any atom is -0.357 e. The van der Waals surface area contributed by atoms with Gasteiger partial charge >= 0.3 is 6.03 Å². The number of carbonyl (C=O) groups excluding carboxylic acids is 4.